The third-order valence-electron chi connectivity index (χ3n) is 2.14. The van der Waals surface area contributed by atoms with Crippen molar-refractivity contribution < 1.29 is 24.1 Å². The lowest BCUT2D eigenvalue weighted by molar-refractivity contribution is 0.0694. The monoisotopic (exact) mass is 302 g/mol. The molecular weight excluding hydrogens is 292 g/mol. The Balaban J connectivity index is 2.56. The van der Waals surface area contributed by atoms with Crippen LogP contribution in [0.15, 0.2) is 10.5 Å². The van der Waals surface area contributed by atoms with E-state index in [1.807, 2.05) is 13.8 Å². The van der Waals surface area contributed by atoms with Crippen LogP contribution in [0.25, 0.3) is 0 Å². The van der Waals surface area contributed by atoms with Crippen LogP contribution >= 0.6 is 15.9 Å². The first-order valence-electron chi connectivity index (χ1n) is 5.02. The largest absolute Gasteiger partial charge is 0.487 e. The molecule has 5 nitrogen and oxygen atoms in total. The molecule has 0 saturated carbocycles. The zero-order chi connectivity index (χ0) is 12.6. The lowest BCUT2D eigenvalue weighted by Gasteiger charge is -2.13. The van der Waals surface area contributed by atoms with Gasteiger partial charge in [-0.1, -0.05) is 0 Å². The van der Waals surface area contributed by atoms with Gasteiger partial charge in [-0.2, -0.15) is 0 Å². The number of aromatic carboxylic acids is 1. The molecule has 0 saturated heterocycles. The van der Waals surface area contributed by atoms with Crippen LogP contribution < -0.4 is 14.2 Å². The molecule has 1 aromatic rings. The number of carboxylic acid groups (broad SMARTS) is 1. The third kappa shape index (κ3) is 2.17. The predicted molar refractivity (Wildman–Crippen MR) is 63.0 cm³/mol. The van der Waals surface area contributed by atoms with Crippen molar-refractivity contribution in [3.8, 4) is 17.2 Å². The Morgan fingerprint density at radius 2 is 2.12 bits per heavy atom. The minimum absolute atomic E-state index is 0.0610. The molecule has 0 amide bonds. The second-order valence-electron chi connectivity index (χ2n) is 3.77. The molecule has 0 spiro atoms. The summed E-state index contributed by atoms with van der Waals surface area (Å²) < 4.78 is 16.4. The number of hydrogen-bond acceptors (Lipinski definition) is 4. The molecule has 0 fully saturated rings. The number of benzene rings is 1. The van der Waals surface area contributed by atoms with Crippen molar-refractivity contribution in [3.63, 3.8) is 0 Å². The molecule has 0 atom stereocenters. The van der Waals surface area contributed by atoms with E-state index in [2.05, 4.69) is 15.9 Å². The van der Waals surface area contributed by atoms with E-state index in [4.69, 9.17) is 19.3 Å². The topological polar surface area (TPSA) is 65.0 Å². The molecule has 0 bridgehead atoms. The van der Waals surface area contributed by atoms with Crippen LogP contribution in [0.1, 0.15) is 24.2 Å². The highest BCUT2D eigenvalue weighted by molar-refractivity contribution is 9.10. The van der Waals surface area contributed by atoms with E-state index in [0.717, 1.165) is 0 Å². The van der Waals surface area contributed by atoms with E-state index >= 15 is 0 Å². The minimum atomic E-state index is -1.05. The van der Waals surface area contributed by atoms with Crippen LogP contribution in [-0.2, 0) is 0 Å². The zero-order valence-electron chi connectivity index (χ0n) is 9.32. The first-order valence-corrected chi connectivity index (χ1v) is 5.82. The molecule has 1 aliphatic heterocycles. The third-order valence-corrected chi connectivity index (χ3v) is 2.93. The van der Waals surface area contributed by atoms with Gasteiger partial charge in [0.1, 0.15) is 0 Å². The molecular formula is C11H11BrO5. The van der Waals surface area contributed by atoms with E-state index in [1.54, 1.807) is 0 Å². The van der Waals surface area contributed by atoms with Gasteiger partial charge in [0.2, 0.25) is 12.5 Å². The summed E-state index contributed by atoms with van der Waals surface area (Å²) in [5.41, 5.74) is 0.0879. The minimum Gasteiger partial charge on any atom is -0.487 e. The summed E-state index contributed by atoms with van der Waals surface area (Å²) in [5.74, 6) is 0.146. The Kier molecular flexibility index (Phi) is 3.15. The Bertz CT molecular complexity index is 469. The molecule has 17 heavy (non-hydrogen) atoms. The van der Waals surface area contributed by atoms with Crippen LogP contribution in [0.5, 0.6) is 17.2 Å². The molecule has 1 aromatic carbocycles. The van der Waals surface area contributed by atoms with Crippen molar-refractivity contribution in [1.82, 2.24) is 0 Å². The summed E-state index contributed by atoms with van der Waals surface area (Å²) >= 11 is 3.19. The van der Waals surface area contributed by atoms with Gasteiger partial charge >= 0.3 is 5.97 Å². The van der Waals surface area contributed by atoms with Gasteiger partial charge in [0.05, 0.1) is 16.1 Å². The molecule has 0 aromatic heterocycles. The number of hydrogen-bond donors (Lipinski definition) is 1. The number of halogens is 1. The lowest BCUT2D eigenvalue weighted by Crippen LogP contribution is -2.08. The van der Waals surface area contributed by atoms with Crippen LogP contribution in [-0.4, -0.2) is 24.0 Å². The molecule has 0 unspecified atom stereocenters. The average Bonchev–Trinajstić information content (AvgIpc) is 2.70. The van der Waals surface area contributed by atoms with Gasteiger partial charge in [-0.05, 0) is 35.8 Å². The molecule has 2 rings (SSSR count). The maximum atomic E-state index is 11.1. The van der Waals surface area contributed by atoms with Gasteiger partial charge < -0.3 is 19.3 Å². The molecule has 1 aliphatic rings. The number of carboxylic acids is 1. The highest BCUT2D eigenvalue weighted by atomic mass is 79.9. The van der Waals surface area contributed by atoms with E-state index in [9.17, 15) is 4.79 Å². The Labute approximate surface area is 106 Å². The van der Waals surface area contributed by atoms with Gasteiger partial charge in [-0.25, -0.2) is 4.79 Å². The molecule has 92 valence electrons. The number of ether oxygens (including phenoxy) is 3. The average molecular weight is 303 g/mol. The fraction of sp³-hybridized carbons (Fsp3) is 0.364. The first-order chi connectivity index (χ1) is 8.00. The van der Waals surface area contributed by atoms with E-state index in [1.165, 1.54) is 6.07 Å². The second kappa shape index (κ2) is 4.44. The van der Waals surface area contributed by atoms with Crippen LogP contribution in [0.2, 0.25) is 0 Å². The van der Waals surface area contributed by atoms with Gasteiger partial charge in [-0.3, -0.25) is 0 Å². The van der Waals surface area contributed by atoms with Crippen molar-refractivity contribution >= 4 is 21.9 Å². The summed E-state index contributed by atoms with van der Waals surface area (Å²) in [5, 5.41) is 9.07. The number of fused-ring (bicyclic) bond motifs is 1. The Morgan fingerprint density at radius 1 is 1.47 bits per heavy atom. The van der Waals surface area contributed by atoms with E-state index < -0.39 is 5.97 Å². The maximum Gasteiger partial charge on any atom is 0.337 e. The number of carbonyl (C=O) groups is 1. The van der Waals surface area contributed by atoms with Crippen molar-refractivity contribution in [1.29, 1.82) is 0 Å². The maximum absolute atomic E-state index is 11.1. The van der Waals surface area contributed by atoms with E-state index in [0.29, 0.717) is 21.7 Å². The van der Waals surface area contributed by atoms with Gasteiger partial charge in [0.25, 0.3) is 0 Å². The SMILES string of the molecule is CC(C)Oc1cc(C(=O)O)c(Br)c2c1OCO2. The fourth-order valence-electron chi connectivity index (χ4n) is 1.50. The summed E-state index contributed by atoms with van der Waals surface area (Å²) in [6.07, 6.45) is -0.0777. The molecule has 0 aliphatic carbocycles. The van der Waals surface area contributed by atoms with E-state index in [-0.39, 0.29) is 18.5 Å². The lowest BCUT2D eigenvalue weighted by atomic mass is 10.2. The predicted octanol–water partition coefficient (Wildman–Crippen LogP) is 2.66. The van der Waals surface area contributed by atoms with Crippen molar-refractivity contribution in [2.45, 2.75) is 20.0 Å². The van der Waals surface area contributed by atoms with Crippen molar-refractivity contribution in [2.24, 2.45) is 0 Å². The molecule has 0 radical (unpaired) electrons. The fourth-order valence-corrected chi connectivity index (χ4v) is 2.08. The Hall–Kier alpha value is -1.43. The van der Waals surface area contributed by atoms with Crippen molar-refractivity contribution in [3.05, 3.63) is 16.1 Å². The molecule has 1 heterocycles. The van der Waals surface area contributed by atoms with Crippen LogP contribution in [0, 0.1) is 0 Å². The standard InChI is InChI=1S/C11H11BrO5/c1-5(2)17-7-3-6(11(13)14)8(12)10-9(7)15-4-16-10/h3,5H,4H2,1-2H3,(H,13,14). The summed E-state index contributed by atoms with van der Waals surface area (Å²) in [6.45, 7) is 3.76. The Morgan fingerprint density at radius 3 is 2.71 bits per heavy atom. The second-order valence-corrected chi connectivity index (χ2v) is 4.57. The number of rotatable bonds is 3. The van der Waals surface area contributed by atoms with Gasteiger partial charge in [-0.15, -0.1) is 0 Å². The van der Waals surface area contributed by atoms with Crippen LogP contribution in [0.3, 0.4) is 0 Å². The normalized spacial score (nSPS) is 12.9. The highest BCUT2D eigenvalue weighted by Crippen LogP contribution is 2.48. The summed E-state index contributed by atoms with van der Waals surface area (Å²) in [6, 6.07) is 1.43. The molecule has 1 N–H and O–H groups in total. The van der Waals surface area contributed by atoms with Gasteiger partial charge in [0, 0.05) is 0 Å². The summed E-state index contributed by atoms with van der Waals surface area (Å²) in [4.78, 5) is 11.1. The molecule has 6 heteroatoms. The quantitative estimate of drug-likeness (QED) is 0.930. The highest BCUT2D eigenvalue weighted by Gasteiger charge is 2.27. The van der Waals surface area contributed by atoms with Gasteiger partial charge in [0.15, 0.2) is 11.5 Å². The van der Waals surface area contributed by atoms with Crippen molar-refractivity contribution in [2.75, 3.05) is 6.79 Å². The smallest absolute Gasteiger partial charge is 0.337 e. The first kappa shape index (κ1) is 12.0. The zero-order valence-corrected chi connectivity index (χ0v) is 10.9. The van der Waals surface area contributed by atoms with Crippen LogP contribution in [0.4, 0.5) is 0 Å². The summed E-state index contributed by atoms with van der Waals surface area (Å²) in [7, 11) is 0.